The Kier molecular flexibility index (Phi) is 5.97. The summed E-state index contributed by atoms with van der Waals surface area (Å²) in [4.78, 5) is 31.1. The van der Waals surface area contributed by atoms with Crippen LogP contribution >= 0.6 is 23.1 Å². The molecule has 0 saturated heterocycles. The molecule has 3 aromatic heterocycles. The number of thiophene rings is 1. The molecule has 2 N–H and O–H groups in total. The van der Waals surface area contributed by atoms with Crippen LogP contribution in [0.25, 0.3) is 15.9 Å². The molecule has 0 spiro atoms. The van der Waals surface area contributed by atoms with Gasteiger partial charge in [-0.05, 0) is 30.7 Å². The van der Waals surface area contributed by atoms with Crippen LogP contribution in [0, 0.1) is 11.8 Å². The highest BCUT2D eigenvalue weighted by Gasteiger charge is 2.25. The van der Waals surface area contributed by atoms with Crippen LogP contribution in [0.2, 0.25) is 0 Å². The number of aromatic nitrogens is 4. The molecule has 1 aliphatic carbocycles. The highest BCUT2D eigenvalue weighted by molar-refractivity contribution is 7.99. The van der Waals surface area contributed by atoms with Gasteiger partial charge in [0, 0.05) is 17.2 Å². The number of carbonyl (C=O) groups is 2. The fourth-order valence-electron chi connectivity index (χ4n) is 3.65. The first-order chi connectivity index (χ1) is 14.4. The number of thioether (sulfide) groups is 1. The van der Waals surface area contributed by atoms with Gasteiger partial charge in [-0.15, -0.1) is 21.5 Å². The van der Waals surface area contributed by atoms with Crippen LogP contribution < -0.4 is 10.9 Å². The fourth-order valence-corrected chi connectivity index (χ4v) is 5.80. The molecule has 4 rings (SSSR count). The maximum Gasteiger partial charge on any atom is 0.248 e. The molecule has 160 valence electrons. The van der Waals surface area contributed by atoms with Crippen molar-refractivity contribution in [3.05, 3.63) is 16.3 Å². The summed E-state index contributed by atoms with van der Waals surface area (Å²) in [5.74, 6) is 1.01. The van der Waals surface area contributed by atoms with E-state index in [-0.39, 0.29) is 23.5 Å². The standard InChI is InChI=1S/C20H26N6O2S2/c1-5-14-21-19-16(12-7-6-11(4)8-13(12)30-19)17-23-25-20(26(14)17)29-9-15(27)22-24-18(28)10(2)3/h10-11H,5-9H2,1-4H3,(H,22,27)(H,24,28)/t11-/m1/s1. The molecular formula is C20H26N6O2S2. The number of hydrogen-bond acceptors (Lipinski definition) is 7. The molecule has 0 bridgehead atoms. The van der Waals surface area contributed by atoms with Gasteiger partial charge in [-0.25, -0.2) is 4.98 Å². The first-order valence-electron chi connectivity index (χ1n) is 10.3. The third-order valence-electron chi connectivity index (χ3n) is 5.34. The summed E-state index contributed by atoms with van der Waals surface area (Å²) < 4.78 is 1.98. The minimum atomic E-state index is -0.292. The van der Waals surface area contributed by atoms with Gasteiger partial charge in [-0.2, -0.15) is 0 Å². The Morgan fingerprint density at radius 3 is 2.83 bits per heavy atom. The zero-order valence-electron chi connectivity index (χ0n) is 17.6. The summed E-state index contributed by atoms with van der Waals surface area (Å²) in [5.41, 5.74) is 7.07. The minimum absolute atomic E-state index is 0.125. The van der Waals surface area contributed by atoms with Crippen LogP contribution in [0.15, 0.2) is 5.16 Å². The van der Waals surface area contributed by atoms with Crippen molar-refractivity contribution in [1.29, 1.82) is 0 Å². The number of rotatable bonds is 5. The van der Waals surface area contributed by atoms with Gasteiger partial charge in [0.15, 0.2) is 10.8 Å². The molecule has 1 atom stereocenters. The molecule has 0 radical (unpaired) electrons. The number of amides is 2. The van der Waals surface area contributed by atoms with Crippen molar-refractivity contribution in [3.63, 3.8) is 0 Å². The molecule has 0 aliphatic heterocycles. The van der Waals surface area contributed by atoms with Crippen molar-refractivity contribution in [1.82, 2.24) is 30.4 Å². The average Bonchev–Trinajstić information content (AvgIpc) is 3.29. The fraction of sp³-hybridized carbons (Fsp3) is 0.550. The van der Waals surface area contributed by atoms with Gasteiger partial charge in [0.25, 0.3) is 0 Å². The van der Waals surface area contributed by atoms with Gasteiger partial charge in [0.1, 0.15) is 10.7 Å². The van der Waals surface area contributed by atoms with Crippen LogP contribution in [-0.2, 0) is 28.9 Å². The van der Waals surface area contributed by atoms with E-state index in [9.17, 15) is 9.59 Å². The number of nitrogens with one attached hydrogen (secondary N) is 2. The Bertz CT molecular complexity index is 1120. The first kappa shape index (κ1) is 21.0. The predicted octanol–water partition coefficient (Wildman–Crippen LogP) is 2.92. The van der Waals surface area contributed by atoms with E-state index >= 15 is 0 Å². The molecule has 8 nitrogen and oxygen atoms in total. The zero-order chi connectivity index (χ0) is 21.4. The van der Waals surface area contributed by atoms with Gasteiger partial charge < -0.3 is 0 Å². The quantitative estimate of drug-likeness (QED) is 0.462. The third-order valence-corrected chi connectivity index (χ3v) is 7.41. The smallest absolute Gasteiger partial charge is 0.248 e. The Labute approximate surface area is 183 Å². The summed E-state index contributed by atoms with van der Waals surface area (Å²) in [6.45, 7) is 7.89. The zero-order valence-corrected chi connectivity index (χ0v) is 19.2. The lowest BCUT2D eigenvalue weighted by atomic mass is 9.89. The molecule has 10 heteroatoms. The van der Waals surface area contributed by atoms with Crippen LogP contribution in [0.3, 0.4) is 0 Å². The summed E-state index contributed by atoms with van der Waals surface area (Å²) in [5, 5.41) is 10.6. The molecule has 0 aromatic carbocycles. The van der Waals surface area contributed by atoms with Crippen molar-refractivity contribution in [3.8, 4) is 0 Å². The molecule has 0 unspecified atom stereocenters. The maximum atomic E-state index is 12.1. The normalized spacial score (nSPS) is 16.2. The summed E-state index contributed by atoms with van der Waals surface area (Å²) >= 11 is 3.08. The third kappa shape index (κ3) is 3.90. The molecule has 0 fully saturated rings. The van der Waals surface area contributed by atoms with E-state index in [1.54, 1.807) is 25.2 Å². The van der Waals surface area contributed by atoms with E-state index < -0.39 is 0 Å². The molecule has 2 amide bonds. The van der Waals surface area contributed by atoms with Gasteiger partial charge in [-0.1, -0.05) is 39.5 Å². The number of carbonyl (C=O) groups excluding carboxylic acids is 2. The summed E-state index contributed by atoms with van der Waals surface area (Å²) in [6.07, 6.45) is 4.07. The highest BCUT2D eigenvalue weighted by atomic mass is 32.2. The highest BCUT2D eigenvalue weighted by Crippen LogP contribution is 2.39. The molecular weight excluding hydrogens is 420 g/mol. The number of aryl methyl sites for hydroxylation is 2. The van der Waals surface area contributed by atoms with Crippen LogP contribution in [0.1, 0.15) is 50.4 Å². The van der Waals surface area contributed by atoms with Crippen LogP contribution in [0.4, 0.5) is 0 Å². The number of fused-ring (bicyclic) bond motifs is 5. The second-order valence-corrected chi connectivity index (χ2v) is 10.1. The average molecular weight is 447 g/mol. The van der Waals surface area contributed by atoms with Gasteiger partial charge in [0.05, 0.1) is 11.1 Å². The lowest BCUT2D eigenvalue weighted by Crippen LogP contribution is -2.44. The van der Waals surface area contributed by atoms with E-state index in [0.29, 0.717) is 11.1 Å². The Morgan fingerprint density at radius 1 is 1.30 bits per heavy atom. The van der Waals surface area contributed by atoms with Crippen molar-refractivity contribution in [2.24, 2.45) is 11.8 Å². The number of hydrazine groups is 1. The summed E-state index contributed by atoms with van der Waals surface area (Å²) in [6, 6.07) is 0. The van der Waals surface area contributed by atoms with Crippen LogP contribution in [-0.4, -0.2) is 37.1 Å². The van der Waals surface area contributed by atoms with Gasteiger partial charge >= 0.3 is 0 Å². The first-order valence-corrected chi connectivity index (χ1v) is 12.1. The molecule has 3 aromatic rings. The molecule has 1 aliphatic rings. The predicted molar refractivity (Wildman–Crippen MR) is 119 cm³/mol. The van der Waals surface area contributed by atoms with Crippen molar-refractivity contribution >= 4 is 50.8 Å². The lowest BCUT2D eigenvalue weighted by molar-refractivity contribution is -0.129. The van der Waals surface area contributed by atoms with E-state index in [1.807, 2.05) is 4.40 Å². The second-order valence-electron chi connectivity index (χ2n) is 8.04. The van der Waals surface area contributed by atoms with Crippen molar-refractivity contribution < 1.29 is 9.59 Å². The monoisotopic (exact) mass is 446 g/mol. The Hall–Kier alpha value is -2.20. The topological polar surface area (TPSA) is 101 Å². The van der Waals surface area contributed by atoms with E-state index in [2.05, 4.69) is 34.9 Å². The number of hydrogen-bond donors (Lipinski definition) is 2. The second kappa shape index (κ2) is 8.50. The lowest BCUT2D eigenvalue weighted by Gasteiger charge is -2.17. The molecule has 0 saturated carbocycles. The molecule has 30 heavy (non-hydrogen) atoms. The van der Waals surface area contributed by atoms with E-state index in [4.69, 9.17) is 4.98 Å². The molecule has 3 heterocycles. The number of nitrogens with zero attached hydrogens (tertiary/aromatic N) is 4. The SMILES string of the molecule is CCc1nc2sc3c(c2c2nnc(SCC(=O)NNC(=O)C(C)C)n12)CC[C@@H](C)C3. The van der Waals surface area contributed by atoms with Crippen LogP contribution in [0.5, 0.6) is 0 Å². The van der Waals surface area contributed by atoms with Gasteiger partial charge in [0.2, 0.25) is 11.8 Å². The van der Waals surface area contributed by atoms with Crippen molar-refractivity contribution in [2.75, 3.05) is 5.75 Å². The Balaban J connectivity index is 1.61. The Morgan fingerprint density at radius 2 is 2.10 bits per heavy atom. The van der Waals surface area contributed by atoms with E-state index in [0.717, 1.165) is 41.0 Å². The van der Waals surface area contributed by atoms with E-state index in [1.165, 1.54) is 28.6 Å². The largest absolute Gasteiger partial charge is 0.273 e. The van der Waals surface area contributed by atoms with Gasteiger partial charge in [-0.3, -0.25) is 24.8 Å². The summed E-state index contributed by atoms with van der Waals surface area (Å²) in [7, 11) is 0. The minimum Gasteiger partial charge on any atom is -0.273 e. The van der Waals surface area contributed by atoms with Crippen molar-refractivity contribution in [2.45, 2.75) is 58.5 Å². The maximum absolute atomic E-state index is 12.1.